The Morgan fingerprint density at radius 2 is 1.70 bits per heavy atom. The van der Waals surface area contributed by atoms with E-state index >= 15 is 0 Å². The molecule has 60 valence electrons. The molecule has 0 bridgehead atoms. The highest BCUT2D eigenvalue weighted by molar-refractivity contribution is 4.82. The molecule has 0 aromatic heterocycles. The zero-order chi connectivity index (χ0) is 7.56. The van der Waals surface area contributed by atoms with Gasteiger partial charge in [0.1, 0.15) is 0 Å². The van der Waals surface area contributed by atoms with E-state index in [1.165, 1.54) is 0 Å². The van der Waals surface area contributed by atoms with Gasteiger partial charge in [0, 0.05) is 19.6 Å². The molecule has 0 unspecified atom stereocenters. The molecule has 1 fully saturated rings. The number of hydrogen-bond acceptors (Lipinski definition) is 4. The molecule has 1 saturated heterocycles. The topological polar surface area (TPSA) is 63.9 Å². The van der Waals surface area contributed by atoms with Crippen LogP contribution in [0.25, 0.3) is 0 Å². The Morgan fingerprint density at radius 1 is 1.20 bits per heavy atom. The number of likely N-dealkylation sites (tertiary alicyclic amines) is 1. The van der Waals surface area contributed by atoms with E-state index < -0.39 is 12.2 Å². The van der Waals surface area contributed by atoms with Gasteiger partial charge in [-0.15, -0.1) is 0 Å². The highest BCUT2D eigenvalue weighted by atomic mass is 16.3. The van der Waals surface area contributed by atoms with Gasteiger partial charge in [-0.25, -0.2) is 0 Å². The van der Waals surface area contributed by atoms with E-state index in [9.17, 15) is 0 Å². The van der Waals surface area contributed by atoms with E-state index in [1.54, 1.807) is 0 Å². The lowest BCUT2D eigenvalue weighted by Crippen LogP contribution is -2.25. The maximum absolute atomic E-state index is 9.02. The number of aliphatic hydroxyl groups is 3. The van der Waals surface area contributed by atoms with Gasteiger partial charge in [-0.05, 0) is 0 Å². The van der Waals surface area contributed by atoms with Crippen molar-refractivity contribution in [1.82, 2.24) is 4.90 Å². The number of aliphatic hydroxyl groups excluding tert-OH is 3. The number of hydrogen-bond donors (Lipinski definition) is 3. The second kappa shape index (κ2) is 3.30. The van der Waals surface area contributed by atoms with E-state index in [0.29, 0.717) is 19.6 Å². The Hall–Kier alpha value is -0.160. The fraction of sp³-hybridized carbons (Fsp3) is 1.00. The van der Waals surface area contributed by atoms with Crippen molar-refractivity contribution in [1.29, 1.82) is 0 Å². The van der Waals surface area contributed by atoms with Gasteiger partial charge in [0.2, 0.25) is 0 Å². The van der Waals surface area contributed by atoms with Gasteiger partial charge >= 0.3 is 0 Å². The Balaban J connectivity index is 2.27. The van der Waals surface area contributed by atoms with Crippen LogP contribution in [-0.2, 0) is 0 Å². The normalized spacial score (nSPS) is 35.1. The van der Waals surface area contributed by atoms with Crippen LogP contribution in [0.3, 0.4) is 0 Å². The molecule has 1 heterocycles. The first-order chi connectivity index (χ1) is 4.74. The van der Waals surface area contributed by atoms with Crippen LogP contribution in [0.15, 0.2) is 0 Å². The fourth-order valence-corrected chi connectivity index (χ4v) is 1.17. The van der Waals surface area contributed by atoms with Crippen LogP contribution < -0.4 is 0 Å². The Bertz CT molecular complexity index is 99.2. The summed E-state index contributed by atoms with van der Waals surface area (Å²) in [6, 6.07) is 0. The summed E-state index contributed by atoms with van der Waals surface area (Å²) in [5.74, 6) is 0. The average Bonchev–Trinajstić information content (AvgIpc) is 2.14. The second-order valence-corrected chi connectivity index (χ2v) is 2.62. The molecule has 0 aromatic rings. The first-order valence-electron chi connectivity index (χ1n) is 3.43. The summed E-state index contributed by atoms with van der Waals surface area (Å²) < 4.78 is 0. The van der Waals surface area contributed by atoms with E-state index in [4.69, 9.17) is 15.3 Å². The molecule has 0 saturated carbocycles. The predicted molar refractivity (Wildman–Crippen MR) is 35.5 cm³/mol. The lowest BCUT2D eigenvalue weighted by molar-refractivity contribution is 0.0572. The van der Waals surface area contributed by atoms with Crippen LogP contribution in [0.4, 0.5) is 0 Å². The van der Waals surface area contributed by atoms with Crippen molar-refractivity contribution in [2.24, 2.45) is 0 Å². The number of rotatable bonds is 2. The molecule has 1 rings (SSSR count). The summed E-state index contributed by atoms with van der Waals surface area (Å²) in [6.45, 7) is 1.57. The molecule has 0 aromatic carbocycles. The van der Waals surface area contributed by atoms with Crippen LogP contribution in [0, 0.1) is 0 Å². The maximum Gasteiger partial charge on any atom is 0.0938 e. The first-order valence-corrected chi connectivity index (χ1v) is 3.43. The third-order valence-electron chi connectivity index (χ3n) is 1.75. The Labute approximate surface area is 59.7 Å². The van der Waals surface area contributed by atoms with Crippen LogP contribution in [0.1, 0.15) is 0 Å². The number of β-amino-alcohol motifs (C(OH)–C–C–N with tert-alkyl or cyclic N) is 3. The van der Waals surface area contributed by atoms with E-state index in [2.05, 4.69) is 0 Å². The molecule has 0 spiro atoms. The quantitative estimate of drug-likeness (QED) is 0.423. The molecule has 4 heteroatoms. The van der Waals surface area contributed by atoms with Crippen LogP contribution >= 0.6 is 0 Å². The first kappa shape index (κ1) is 7.94. The van der Waals surface area contributed by atoms with Crippen LogP contribution in [-0.4, -0.2) is 58.7 Å². The standard InChI is InChI=1S/C6H13NO3/c8-2-1-7-3-5(9)6(10)4-7/h5-6,8-10H,1-4H2/t5-,6-/m0/s1. The van der Waals surface area contributed by atoms with Gasteiger partial charge in [-0.3, -0.25) is 4.90 Å². The third kappa shape index (κ3) is 1.67. The third-order valence-corrected chi connectivity index (χ3v) is 1.75. The maximum atomic E-state index is 9.02. The molecule has 2 atom stereocenters. The lowest BCUT2D eigenvalue weighted by atomic mass is 10.3. The van der Waals surface area contributed by atoms with Gasteiger partial charge in [0.15, 0.2) is 0 Å². The van der Waals surface area contributed by atoms with Crippen molar-refractivity contribution in [3.05, 3.63) is 0 Å². The van der Waals surface area contributed by atoms with Crippen molar-refractivity contribution in [3.63, 3.8) is 0 Å². The molecular formula is C6H13NO3. The highest BCUT2D eigenvalue weighted by Gasteiger charge is 2.28. The van der Waals surface area contributed by atoms with Crippen molar-refractivity contribution in [2.45, 2.75) is 12.2 Å². The van der Waals surface area contributed by atoms with Gasteiger partial charge in [-0.1, -0.05) is 0 Å². The van der Waals surface area contributed by atoms with Gasteiger partial charge in [0.05, 0.1) is 18.8 Å². The minimum Gasteiger partial charge on any atom is -0.395 e. The molecule has 0 amide bonds. The van der Waals surface area contributed by atoms with Gasteiger partial charge in [0.25, 0.3) is 0 Å². The minimum absolute atomic E-state index is 0.0828. The van der Waals surface area contributed by atoms with Crippen molar-refractivity contribution in [2.75, 3.05) is 26.2 Å². The SMILES string of the molecule is OCCN1C[C@H](O)[C@@H](O)C1. The second-order valence-electron chi connectivity index (χ2n) is 2.62. The van der Waals surface area contributed by atoms with Crippen molar-refractivity contribution < 1.29 is 15.3 Å². The summed E-state index contributed by atoms with van der Waals surface area (Å²) in [5, 5.41) is 26.5. The molecule has 3 N–H and O–H groups in total. The van der Waals surface area contributed by atoms with Gasteiger partial charge in [-0.2, -0.15) is 0 Å². The van der Waals surface area contributed by atoms with E-state index in [1.807, 2.05) is 4.90 Å². The monoisotopic (exact) mass is 147 g/mol. The smallest absolute Gasteiger partial charge is 0.0938 e. The fourth-order valence-electron chi connectivity index (χ4n) is 1.17. The van der Waals surface area contributed by atoms with E-state index in [0.717, 1.165) is 0 Å². The Morgan fingerprint density at radius 3 is 2.10 bits per heavy atom. The molecule has 1 aliphatic rings. The van der Waals surface area contributed by atoms with Crippen LogP contribution in [0.5, 0.6) is 0 Å². The average molecular weight is 147 g/mol. The Kier molecular flexibility index (Phi) is 2.62. The van der Waals surface area contributed by atoms with Crippen molar-refractivity contribution >= 4 is 0 Å². The molecule has 0 radical (unpaired) electrons. The van der Waals surface area contributed by atoms with Gasteiger partial charge < -0.3 is 15.3 Å². The number of nitrogens with zero attached hydrogens (tertiary/aromatic N) is 1. The van der Waals surface area contributed by atoms with E-state index in [-0.39, 0.29) is 6.61 Å². The summed E-state index contributed by atoms with van der Waals surface area (Å²) in [7, 11) is 0. The molecule has 4 nitrogen and oxygen atoms in total. The molecular weight excluding hydrogens is 134 g/mol. The molecule has 0 aliphatic carbocycles. The highest BCUT2D eigenvalue weighted by Crippen LogP contribution is 2.08. The largest absolute Gasteiger partial charge is 0.395 e. The summed E-state index contributed by atoms with van der Waals surface area (Å²) in [6.07, 6.45) is -1.27. The van der Waals surface area contributed by atoms with Crippen molar-refractivity contribution in [3.8, 4) is 0 Å². The summed E-state index contributed by atoms with van der Waals surface area (Å²) in [5.41, 5.74) is 0. The predicted octanol–water partition coefficient (Wildman–Crippen LogP) is -1.98. The molecule has 10 heavy (non-hydrogen) atoms. The van der Waals surface area contributed by atoms with Crippen LogP contribution in [0.2, 0.25) is 0 Å². The zero-order valence-corrected chi connectivity index (χ0v) is 5.77. The molecule has 1 aliphatic heterocycles. The summed E-state index contributed by atoms with van der Waals surface area (Å²) in [4.78, 5) is 1.83. The lowest BCUT2D eigenvalue weighted by Gasteiger charge is -2.11. The zero-order valence-electron chi connectivity index (χ0n) is 5.77. The minimum atomic E-state index is -0.633. The summed E-state index contributed by atoms with van der Waals surface area (Å²) >= 11 is 0.